The Morgan fingerprint density at radius 3 is 2.68 bits per heavy atom. The van der Waals surface area contributed by atoms with E-state index < -0.39 is 12.2 Å². The zero-order valence-corrected chi connectivity index (χ0v) is 18.2. The zero-order valence-electron chi connectivity index (χ0n) is 18.2. The van der Waals surface area contributed by atoms with E-state index in [9.17, 15) is 14.7 Å². The van der Waals surface area contributed by atoms with Crippen molar-refractivity contribution in [2.45, 2.75) is 85.4 Å². The van der Waals surface area contributed by atoms with Gasteiger partial charge in [0.2, 0.25) is 0 Å². The van der Waals surface area contributed by atoms with Crippen molar-refractivity contribution in [2.24, 2.45) is 17.8 Å². The van der Waals surface area contributed by atoms with Gasteiger partial charge in [0, 0.05) is 12.3 Å². The van der Waals surface area contributed by atoms with E-state index in [1.54, 1.807) is 13.0 Å². The number of carbonyl (C=O) groups is 2. The maximum Gasteiger partial charge on any atom is 0.309 e. The van der Waals surface area contributed by atoms with E-state index in [2.05, 4.69) is 39.0 Å². The van der Waals surface area contributed by atoms with Crippen LogP contribution in [0.1, 0.15) is 73.1 Å². The molecule has 1 heterocycles. The van der Waals surface area contributed by atoms with Crippen molar-refractivity contribution in [3.63, 3.8) is 0 Å². The maximum atomic E-state index is 12.4. The molecule has 0 bridgehead atoms. The zero-order chi connectivity index (χ0) is 21.1. The van der Waals surface area contributed by atoms with Crippen LogP contribution in [0.5, 0.6) is 0 Å². The molecule has 1 aliphatic rings. The summed E-state index contributed by atoms with van der Waals surface area (Å²) in [6, 6.07) is 0. The number of hydrogen-bond acceptors (Lipinski definition) is 4. The second-order valence-electron chi connectivity index (χ2n) is 8.22. The van der Waals surface area contributed by atoms with E-state index >= 15 is 0 Å². The maximum absolute atomic E-state index is 12.4. The van der Waals surface area contributed by atoms with Crippen molar-refractivity contribution in [2.75, 3.05) is 0 Å². The number of hydrogen-bond donors (Lipinski definition) is 1. The Bertz CT molecular complexity index is 587. The molecule has 0 amide bonds. The summed E-state index contributed by atoms with van der Waals surface area (Å²) in [5, 5.41) is 10.7. The normalized spacial score (nSPS) is 28.9. The molecule has 0 aromatic carbocycles. The fourth-order valence-electron chi connectivity index (χ4n) is 3.35. The van der Waals surface area contributed by atoms with Gasteiger partial charge in [-0.2, -0.15) is 0 Å². The Kier molecular flexibility index (Phi) is 11.1. The van der Waals surface area contributed by atoms with Gasteiger partial charge < -0.3 is 9.84 Å². The van der Waals surface area contributed by atoms with Gasteiger partial charge in [-0.05, 0) is 51.0 Å². The van der Waals surface area contributed by atoms with Gasteiger partial charge in [0.1, 0.15) is 11.9 Å². The molecule has 0 radical (unpaired) electrons. The van der Waals surface area contributed by atoms with E-state index in [0.717, 1.165) is 19.3 Å². The van der Waals surface area contributed by atoms with Crippen molar-refractivity contribution in [1.82, 2.24) is 0 Å². The molecule has 1 aliphatic heterocycles. The molecule has 0 unspecified atom stereocenters. The highest BCUT2D eigenvalue weighted by Gasteiger charge is 2.26. The third-order valence-corrected chi connectivity index (χ3v) is 5.28. The Labute approximate surface area is 170 Å². The molecule has 0 aromatic rings. The second kappa shape index (κ2) is 12.7. The van der Waals surface area contributed by atoms with E-state index in [1.807, 2.05) is 13.0 Å². The van der Waals surface area contributed by atoms with Crippen LogP contribution >= 0.6 is 0 Å². The van der Waals surface area contributed by atoms with Crippen LogP contribution in [0.25, 0.3) is 0 Å². The molecular weight excluding hydrogens is 352 g/mol. The molecule has 0 spiro atoms. The first-order valence-electron chi connectivity index (χ1n) is 10.7. The highest BCUT2D eigenvalue weighted by molar-refractivity contribution is 5.81. The lowest BCUT2D eigenvalue weighted by molar-refractivity contribution is -0.156. The first kappa shape index (κ1) is 24.4. The van der Waals surface area contributed by atoms with Gasteiger partial charge in [0.25, 0.3) is 0 Å². The Hall–Kier alpha value is -1.68. The highest BCUT2D eigenvalue weighted by atomic mass is 16.6. The molecule has 158 valence electrons. The number of Topliss-reactive ketones (excluding diaryl/α,β-unsaturated/α-hetero) is 1. The third kappa shape index (κ3) is 9.01. The molecule has 1 rings (SSSR count). The number of allylic oxidation sites excluding steroid dienone is 5. The molecule has 4 heteroatoms. The van der Waals surface area contributed by atoms with Crippen LogP contribution in [0.2, 0.25) is 0 Å². The summed E-state index contributed by atoms with van der Waals surface area (Å²) in [4.78, 5) is 24.5. The summed E-state index contributed by atoms with van der Waals surface area (Å²) in [6.45, 7) is 9.94. The van der Waals surface area contributed by atoms with Crippen molar-refractivity contribution in [3.05, 3.63) is 36.0 Å². The van der Waals surface area contributed by atoms with Crippen molar-refractivity contribution >= 4 is 11.8 Å². The molecule has 0 saturated heterocycles. The number of esters is 1. The SMILES string of the molecule is CC/C=C/C(C)=C/[C@H](C)C[C@H](O)[C@@H]1/C=C\CC[C@H](C)C(=O)CC[C@H](C)C(=O)O1. The first-order chi connectivity index (χ1) is 13.2. The highest BCUT2D eigenvalue weighted by Crippen LogP contribution is 2.21. The molecule has 0 saturated carbocycles. The van der Waals surface area contributed by atoms with Crippen molar-refractivity contribution in [3.8, 4) is 0 Å². The van der Waals surface area contributed by atoms with Gasteiger partial charge >= 0.3 is 5.97 Å². The minimum atomic E-state index is -0.761. The lowest BCUT2D eigenvalue weighted by Gasteiger charge is -2.24. The van der Waals surface area contributed by atoms with Gasteiger partial charge in [-0.25, -0.2) is 0 Å². The third-order valence-electron chi connectivity index (χ3n) is 5.28. The number of aliphatic hydroxyl groups excluding tert-OH is 1. The fraction of sp³-hybridized carbons (Fsp3) is 0.667. The van der Waals surface area contributed by atoms with Crippen LogP contribution in [-0.4, -0.2) is 29.1 Å². The molecule has 0 aromatic heterocycles. The summed E-state index contributed by atoms with van der Waals surface area (Å²) in [7, 11) is 0. The average Bonchev–Trinajstić information content (AvgIpc) is 2.64. The quantitative estimate of drug-likeness (QED) is 0.386. The van der Waals surface area contributed by atoms with Gasteiger partial charge in [-0.15, -0.1) is 0 Å². The molecule has 28 heavy (non-hydrogen) atoms. The van der Waals surface area contributed by atoms with Crippen molar-refractivity contribution in [1.29, 1.82) is 0 Å². The van der Waals surface area contributed by atoms with Crippen LogP contribution in [0.15, 0.2) is 36.0 Å². The predicted molar refractivity (Wildman–Crippen MR) is 114 cm³/mol. The standard InChI is InChI=1S/C24H38O4/c1-6-7-10-17(2)15-18(3)16-22(26)23-12-9-8-11-19(4)21(25)14-13-20(5)24(27)28-23/h7,9-10,12,15,18-20,22-23,26H,6,8,11,13-14,16H2,1-5H3/b10-7+,12-9-,17-15+/t18-,19-,20-,22-,23-/m0/s1. The number of carbonyl (C=O) groups excluding carboxylic acids is 2. The lowest BCUT2D eigenvalue weighted by Crippen LogP contribution is -2.33. The van der Waals surface area contributed by atoms with Gasteiger partial charge in [0.15, 0.2) is 0 Å². The number of ketones is 1. The molecule has 0 fully saturated rings. The molecule has 1 N–H and O–H groups in total. The van der Waals surface area contributed by atoms with Gasteiger partial charge in [0.05, 0.1) is 12.0 Å². The van der Waals surface area contributed by atoms with Crippen LogP contribution in [0.4, 0.5) is 0 Å². The molecule has 5 atom stereocenters. The lowest BCUT2D eigenvalue weighted by atomic mass is 9.93. The summed E-state index contributed by atoms with van der Waals surface area (Å²) in [5.41, 5.74) is 1.17. The van der Waals surface area contributed by atoms with E-state index in [1.165, 1.54) is 5.57 Å². The van der Waals surface area contributed by atoms with Crippen LogP contribution in [0, 0.1) is 17.8 Å². The van der Waals surface area contributed by atoms with Crippen LogP contribution in [0.3, 0.4) is 0 Å². The monoisotopic (exact) mass is 390 g/mol. The van der Waals surface area contributed by atoms with Crippen LogP contribution < -0.4 is 0 Å². The number of aliphatic hydroxyl groups is 1. The minimum Gasteiger partial charge on any atom is -0.455 e. The van der Waals surface area contributed by atoms with E-state index in [0.29, 0.717) is 19.3 Å². The Morgan fingerprint density at radius 1 is 1.29 bits per heavy atom. The summed E-state index contributed by atoms with van der Waals surface area (Å²) in [5.74, 6) is -0.323. The van der Waals surface area contributed by atoms with Crippen LogP contribution in [-0.2, 0) is 14.3 Å². The largest absolute Gasteiger partial charge is 0.455 e. The Morgan fingerprint density at radius 2 is 2.00 bits per heavy atom. The number of rotatable bonds is 6. The summed E-state index contributed by atoms with van der Waals surface area (Å²) in [6.07, 6.45) is 12.6. The average molecular weight is 391 g/mol. The fourth-order valence-corrected chi connectivity index (χ4v) is 3.35. The minimum absolute atomic E-state index is 0.0000180. The second-order valence-corrected chi connectivity index (χ2v) is 8.22. The van der Waals surface area contributed by atoms with Gasteiger partial charge in [-0.3, -0.25) is 9.59 Å². The smallest absolute Gasteiger partial charge is 0.309 e. The molecule has 4 nitrogen and oxygen atoms in total. The number of cyclic esters (lactones) is 1. The van der Waals surface area contributed by atoms with Gasteiger partial charge in [-0.1, -0.05) is 57.6 Å². The van der Waals surface area contributed by atoms with Crippen molar-refractivity contribution < 1.29 is 19.4 Å². The topological polar surface area (TPSA) is 63.6 Å². The molecular formula is C24H38O4. The molecule has 0 aliphatic carbocycles. The summed E-state index contributed by atoms with van der Waals surface area (Å²) >= 11 is 0. The predicted octanol–water partition coefficient (Wildman–Crippen LogP) is 5.17. The van der Waals surface area contributed by atoms with E-state index in [-0.39, 0.29) is 29.5 Å². The van der Waals surface area contributed by atoms with E-state index in [4.69, 9.17) is 4.74 Å². The Balaban J connectivity index is 2.83. The first-order valence-corrected chi connectivity index (χ1v) is 10.7. The summed E-state index contributed by atoms with van der Waals surface area (Å²) < 4.78 is 5.61. The number of ether oxygens (including phenoxy) is 1.